The molecule has 1 N–H and O–H groups in total. The average molecular weight is 251 g/mol. The number of rotatable bonds is 9. The van der Waals surface area contributed by atoms with E-state index >= 15 is 0 Å². The minimum Gasteiger partial charge on any atom is -0.491 e. The predicted molar refractivity (Wildman–Crippen MR) is 75.1 cm³/mol. The van der Waals surface area contributed by atoms with Gasteiger partial charge < -0.3 is 14.8 Å². The lowest BCUT2D eigenvalue weighted by atomic mass is 10.0. The molecule has 1 atom stereocenters. The summed E-state index contributed by atoms with van der Waals surface area (Å²) in [4.78, 5) is 0. The minimum absolute atomic E-state index is 0.365. The van der Waals surface area contributed by atoms with E-state index in [1.807, 2.05) is 12.1 Å². The summed E-state index contributed by atoms with van der Waals surface area (Å²) in [7, 11) is 1.69. The van der Waals surface area contributed by atoms with E-state index in [1.54, 1.807) is 7.11 Å². The molecule has 3 heteroatoms. The molecule has 0 fully saturated rings. The van der Waals surface area contributed by atoms with Crippen molar-refractivity contribution < 1.29 is 9.47 Å². The zero-order valence-corrected chi connectivity index (χ0v) is 11.7. The van der Waals surface area contributed by atoms with Crippen LogP contribution in [0.5, 0.6) is 5.75 Å². The van der Waals surface area contributed by atoms with Crippen LogP contribution >= 0.6 is 0 Å². The number of hydrogen-bond acceptors (Lipinski definition) is 3. The second kappa shape index (κ2) is 8.95. The van der Waals surface area contributed by atoms with Gasteiger partial charge in [-0.3, -0.25) is 0 Å². The molecular formula is C15H25NO2. The molecule has 0 saturated heterocycles. The van der Waals surface area contributed by atoms with Crippen molar-refractivity contribution in [3.8, 4) is 5.75 Å². The Balaban J connectivity index is 2.71. The van der Waals surface area contributed by atoms with Crippen LogP contribution in [-0.2, 0) is 4.74 Å². The topological polar surface area (TPSA) is 30.5 Å². The first-order valence-electron chi connectivity index (χ1n) is 6.77. The van der Waals surface area contributed by atoms with Crippen LogP contribution in [-0.4, -0.2) is 26.9 Å². The third-order valence-corrected chi connectivity index (χ3v) is 2.89. The largest absolute Gasteiger partial charge is 0.491 e. The van der Waals surface area contributed by atoms with Gasteiger partial charge in [0.15, 0.2) is 0 Å². The normalized spacial score (nSPS) is 12.4. The van der Waals surface area contributed by atoms with Crippen molar-refractivity contribution in [1.82, 2.24) is 5.32 Å². The van der Waals surface area contributed by atoms with Crippen LogP contribution in [0.4, 0.5) is 0 Å². The van der Waals surface area contributed by atoms with Crippen LogP contribution in [0.3, 0.4) is 0 Å². The highest BCUT2D eigenvalue weighted by atomic mass is 16.5. The van der Waals surface area contributed by atoms with Gasteiger partial charge in [0.1, 0.15) is 12.4 Å². The molecule has 0 aliphatic carbocycles. The molecule has 102 valence electrons. The van der Waals surface area contributed by atoms with E-state index in [0.717, 1.165) is 25.1 Å². The first-order valence-corrected chi connectivity index (χ1v) is 6.77. The summed E-state index contributed by atoms with van der Waals surface area (Å²) in [6, 6.07) is 8.61. The number of ether oxygens (including phenoxy) is 2. The Bertz CT molecular complexity index is 328. The Labute approximate surface area is 110 Å². The molecule has 0 aliphatic heterocycles. The Morgan fingerprint density at radius 1 is 1.17 bits per heavy atom. The molecular weight excluding hydrogens is 226 g/mol. The van der Waals surface area contributed by atoms with E-state index in [9.17, 15) is 0 Å². The van der Waals surface area contributed by atoms with E-state index in [0.29, 0.717) is 19.3 Å². The molecule has 0 aliphatic rings. The molecule has 1 aromatic carbocycles. The van der Waals surface area contributed by atoms with E-state index in [2.05, 4.69) is 31.3 Å². The molecule has 0 bridgehead atoms. The SMILES string of the molecule is CCCNC(CC)c1ccccc1OCCOC. The van der Waals surface area contributed by atoms with E-state index < -0.39 is 0 Å². The lowest BCUT2D eigenvalue weighted by Gasteiger charge is -2.20. The predicted octanol–water partition coefficient (Wildman–Crippen LogP) is 3.16. The summed E-state index contributed by atoms with van der Waals surface area (Å²) in [5.74, 6) is 0.963. The Morgan fingerprint density at radius 3 is 2.61 bits per heavy atom. The highest BCUT2D eigenvalue weighted by molar-refractivity contribution is 5.35. The van der Waals surface area contributed by atoms with Gasteiger partial charge in [0, 0.05) is 18.7 Å². The van der Waals surface area contributed by atoms with Crippen molar-refractivity contribution in [2.75, 3.05) is 26.9 Å². The maximum Gasteiger partial charge on any atom is 0.124 e. The average Bonchev–Trinajstić information content (AvgIpc) is 2.41. The Hall–Kier alpha value is -1.06. The third kappa shape index (κ3) is 4.67. The van der Waals surface area contributed by atoms with Crippen LogP contribution in [0.1, 0.15) is 38.3 Å². The highest BCUT2D eigenvalue weighted by Crippen LogP contribution is 2.27. The van der Waals surface area contributed by atoms with Gasteiger partial charge in [-0.15, -0.1) is 0 Å². The molecule has 0 aromatic heterocycles. The summed E-state index contributed by atoms with van der Waals surface area (Å²) >= 11 is 0. The summed E-state index contributed by atoms with van der Waals surface area (Å²) in [5.41, 5.74) is 1.24. The Morgan fingerprint density at radius 2 is 1.94 bits per heavy atom. The van der Waals surface area contributed by atoms with Gasteiger partial charge in [-0.25, -0.2) is 0 Å². The summed E-state index contributed by atoms with van der Waals surface area (Å²) < 4.78 is 10.8. The monoisotopic (exact) mass is 251 g/mol. The summed E-state index contributed by atoms with van der Waals surface area (Å²) in [6.07, 6.45) is 2.20. The molecule has 1 rings (SSSR count). The fourth-order valence-electron chi connectivity index (χ4n) is 1.93. The van der Waals surface area contributed by atoms with Gasteiger partial charge in [0.2, 0.25) is 0 Å². The zero-order valence-electron chi connectivity index (χ0n) is 11.7. The Kier molecular flexibility index (Phi) is 7.46. The second-order valence-electron chi connectivity index (χ2n) is 4.29. The van der Waals surface area contributed by atoms with E-state index in [1.165, 1.54) is 5.56 Å². The molecule has 0 spiro atoms. The van der Waals surface area contributed by atoms with Crippen molar-refractivity contribution in [3.63, 3.8) is 0 Å². The number of methoxy groups -OCH3 is 1. The molecule has 3 nitrogen and oxygen atoms in total. The van der Waals surface area contributed by atoms with Crippen molar-refractivity contribution >= 4 is 0 Å². The van der Waals surface area contributed by atoms with Gasteiger partial charge in [-0.05, 0) is 25.5 Å². The van der Waals surface area contributed by atoms with E-state index in [-0.39, 0.29) is 0 Å². The lowest BCUT2D eigenvalue weighted by molar-refractivity contribution is 0.145. The maximum absolute atomic E-state index is 5.78. The van der Waals surface area contributed by atoms with Gasteiger partial charge in [0.25, 0.3) is 0 Å². The first-order chi connectivity index (χ1) is 8.83. The van der Waals surface area contributed by atoms with Crippen molar-refractivity contribution in [2.45, 2.75) is 32.7 Å². The number of para-hydroxylation sites is 1. The first kappa shape index (κ1) is 15.0. The van der Waals surface area contributed by atoms with Crippen LogP contribution in [0.25, 0.3) is 0 Å². The second-order valence-corrected chi connectivity index (χ2v) is 4.29. The molecule has 0 saturated carbocycles. The highest BCUT2D eigenvalue weighted by Gasteiger charge is 2.13. The molecule has 1 aromatic rings. The van der Waals surface area contributed by atoms with Crippen LogP contribution in [0.15, 0.2) is 24.3 Å². The fraction of sp³-hybridized carbons (Fsp3) is 0.600. The van der Waals surface area contributed by atoms with Crippen LogP contribution in [0.2, 0.25) is 0 Å². The van der Waals surface area contributed by atoms with Gasteiger partial charge in [-0.1, -0.05) is 32.0 Å². The van der Waals surface area contributed by atoms with Crippen molar-refractivity contribution in [2.24, 2.45) is 0 Å². The zero-order chi connectivity index (χ0) is 13.2. The molecule has 0 amide bonds. The van der Waals surface area contributed by atoms with Crippen LogP contribution in [0, 0.1) is 0 Å². The standard InChI is InChI=1S/C15H25NO2/c1-4-10-16-14(5-2)13-8-6-7-9-15(13)18-12-11-17-3/h6-9,14,16H,4-5,10-12H2,1-3H3. The smallest absolute Gasteiger partial charge is 0.124 e. The lowest BCUT2D eigenvalue weighted by Crippen LogP contribution is -2.22. The quantitative estimate of drug-likeness (QED) is 0.684. The summed E-state index contributed by atoms with van der Waals surface area (Å²) in [5, 5.41) is 3.55. The number of benzene rings is 1. The fourth-order valence-corrected chi connectivity index (χ4v) is 1.93. The van der Waals surface area contributed by atoms with Crippen LogP contribution < -0.4 is 10.1 Å². The molecule has 0 heterocycles. The number of nitrogens with one attached hydrogen (secondary N) is 1. The summed E-state index contributed by atoms with van der Waals surface area (Å²) in [6.45, 7) is 6.62. The minimum atomic E-state index is 0.365. The number of hydrogen-bond donors (Lipinski definition) is 1. The van der Waals surface area contributed by atoms with E-state index in [4.69, 9.17) is 9.47 Å². The van der Waals surface area contributed by atoms with Crippen molar-refractivity contribution in [1.29, 1.82) is 0 Å². The maximum atomic E-state index is 5.78. The molecule has 18 heavy (non-hydrogen) atoms. The van der Waals surface area contributed by atoms with Gasteiger partial charge >= 0.3 is 0 Å². The van der Waals surface area contributed by atoms with Crippen molar-refractivity contribution in [3.05, 3.63) is 29.8 Å². The molecule has 0 radical (unpaired) electrons. The third-order valence-electron chi connectivity index (χ3n) is 2.89. The van der Waals surface area contributed by atoms with Gasteiger partial charge in [0.05, 0.1) is 6.61 Å². The van der Waals surface area contributed by atoms with Gasteiger partial charge in [-0.2, -0.15) is 0 Å². The molecule has 1 unspecified atom stereocenters.